The summed E-state index contributed by atoms with van der Waals surface area (Å²) < 4.78 is 0. The van der Waals surface area contributed by atoms with Crippen LogP contribution in [0, 0.1) is 11.3 Å². The molecule has 2 nitrogen and oxygen atoms in total. The lowest BCUT2D eigenvalue weighted by molar-refractivity contribution is 0.562. The fourth-order valence-corrected chi connectivity index (χ4v) is 2.74. The monoisotopic (exact) mass is 262 g/mol. The number of hydrogen-bond acceptors (Lipinski definition) is 2. The fraction of sp³-hybridized carbons (Fsp3) is 0.278. The van der Waals surface area contributed by atoms with Gasteiger partial charge in [-0.05, 0) is 36.6 Å². The van der Waals surface area contributed by atoms with Crippen molar-refractivity contribution in [3.8, 4) is 6.07 Å². The summed E-state index contributed by atoms with van der Waals surface area (Å²) >= 11 is 0. The van der Waals surface area contributed by atoms with Crippen LogP contribution in [0.15, 0.2) is 54.6 Å². The molecule has 3 unspecified atom stereocenters. The van der Waals surface area contributed by atoms with E-state index in [0.29, 0.717) is 12.0 Å². The minimum absolute atomic E-state index is 0.280. The molecule has 20 heavy (non-hydrogen) atoms. The van der Waals surface area contributed by atoms with Gasteiger partial charge in [0.25, 0.3) is 0 Å². The largest absolute Gasteiger partial charge is 0.307 e. The summed E-state index contributed by atoms with van der Waals surface area (Å²) in [7, 11) is 0. The van der Waals surface area contributed by atoms with E-state index in [4.69, 9.17) is 5.26 Å². The summed E-state index contributed by atoms with van der Waals surface area (Å²) in [4.78, 5) is 0. The van der Waals surface area contributed by atoms with Crippen LogP contribution in [0.1, 0.15) is 42.0 Å². The van der Waals surface area contributed by atoms with Crippen LogP contribution in [0.2, 0.25) is 0 Å². The maximum absolute atomic E-state index is 8.96. The van der Waals surface area contributed by atoms with Crippen molar-refractivity contribution in [2.24, 2.45) is 0 Å². The van der Waals surface area contributed by atoms with Gasteiger partial charge in [-0.2, -0.15) is 5.26 Å². The van der Waals surface area contributed by atoms with Crippen LogP contribution in [0.3, 0.4) is 0 Å². The molecule has 2 aromatic rings. The highest BCUT2D eigenvalue weighted by Crippen LogP contribution is 2.41. The van der Waals surface area contributed by atoms with Crippen LogP contribution in [0.4, 0.5) is 0 Å². The van der Waals surface area contributed by atoms with Gasteiger partial charge < -0.3 is 5.32 Å². The number of nitrogens with zero attached hydrogens (tertiary/aromatic N) is 1. The molecule has 0 spiro atoms. The summed E-state index contributed by atoms with van der Waals surface area (Å²) in [5, 5.41) is 12.6. The average Bonchev–Trinajstić information content (AvgIpc) is 3.27. The Morgan fingerprint density at radius 2 is 1.95 bits per heavy atom. The normalized spacial score (nSPS) is 22.0. The summed E-state index contributed by atoms with van der Waals surface area (Å²) in [6.45, 7) is 2.16. The predicted octanol–water partition coefficient (Wildman–Crippen LogP) is 3.76. The molecule has 1 N–H and O–H groups in total. The molecule has 0 bridgehead atoms. The quantitative estimate of drug-likeness (QED) is 0.910. The topological polar surface area (TPSA) is 35.8 Å². The zero-order valence-corrected chi connectivity index (χ0v) is 11.6. The van der Waals surface area contributed by atoms with E-state index < -0.39 is 0 Å². The molecule has 2 heteroatoms. The van der Waals surface area contributed by atoms with E-state index in [0.717, 1.165) is 5.56 Å². The number of hydrogen-bond donors (Lipinski definition) is 1. The van der Waals surface area contributed by atoms with Gasteiger partial charge in [0, 0.05) is 18.0 Å². The molecule has 1 saturated carbocycles. The van der Waals surface area contributed by atoms with E-state index in [1.165, 1.54) is 17.5 Å². The van der Waals surface area contributed by atoms with Gasteiger partial charge in [-0.1, -0.05) is 42.5 Å². The van der Waals surface area contributed by atoms with Gasteiger partial charge in [0.05, 0.1) is 11.6 Å². The second kappa shape index (κ2) is 5.48. The molecular formula is C18H18N2. The molecular weight excluding hydrogens is 244 g/mol. The molecule has 0 aliphatic heterocycles. The maximum atomic E-state index is 8.96. The second-order valence-electron chi connectivity index (χ2n) is 5.48. The SMILES string of the molecule is CC(NC1CC1c1ccccc1)c1cccc(C#N)c1. The molecule has 3 atom stereocenters. The third kappa shape index (κ3) is 2.74. The number of rotatable bonds is 4. The van der Waals surface area contributed by atoms with Crippen LogP contribution < -0.4 is 5.32 Å². The van der Waals surface area contributed by atoms with E-state index in [1.54, 1.807) is 0 Å². The summed E-state index contributed by atoms with van der Waals surface area (Å²) in [6, 6.07) is 21.5. The Morgan fingerprint density at radius 1 is 1.15 bits per heavy atom. The summed E-state index contributed by atoms with van der Waals surface area (Å²) in [5.41, 5.74) is 3.33. The molecule has 0 saturated heterocycles. The maximum Gasteiger partial charge on any atom is 0.0991 e. The van der Waals surface area contributed by atoms with E-state index >= 15 is 0 Å². The Balaban J connectivity index is 1.63. The lowest BCUT2D eigenvalue weighted by Crippen LogP contribution is -2.22. The Labute approximate surface area is 120 Å². The van der Waals surface area contributed by atoms with E-state index in [1.807, 2.05) is 18.2 Å². The first-order valence-electron chi connectivity index (χ1n) is 7.09. The minimum atomic E-state index is 0.280. The third-order valence-electron chi connectivity index (χ3n) is 4.00. The minimum Gasteiger partial charge on any atom is -0.307 e. The first-order valence-corrected chi connectivity index (χ1v) is 7.09. The average molecular weight is 262 g/mol. The Kier molecular flexibility index (Phi) is 3.54. The Bertz CT molecular complexity index is 627. The van der Waals surface area contributed by atoms with E-state index in [-0.39, 0.29) is 6.04 Å². The first kappa shape index (κ1) is 12.9. The van der Waals surface area contributed by atoms with Crippen LogP contribution in [0.5, 0.6) is 0 Å². The molecule has 2 aromatic carbocycles. The van der Waals surface area contributed by atoms with E-state index in [2.05, 4.69) is 54.7 Å². The van der Waals surface area contributed by atoms with Crippen molar-refractivity contribution in [2.45, 2.75) is 31.3 Å². The molecule has 100 valence electrons. The zero-order valence-electron chi connectivity index (χ0n) is 11.6. The highest BCUT2D eigenvalue weighted by atomic mass is 15.0. The van der Waals surface area contributed by atoms with Crippen molar-refractivity contribution in [1.82, 2.24) is 5.32 Å². The van der Waals surface area contributed by atoms with Crippen molar-refractivity contribution in [3.05, 3.63) is 71.3 Å². The number of benzene rings is 2. The molecule has 1 aliphatic carbocycles. The van der Waals surface area contributed by atoms with Crippen molar-refractivity contribution < 1.29 is 0 Å². The second-order valence-corrected chi connectivity index (χ2v) is 5.48. The molecule has 0 radical (unpaired) electrons. The third-order valence-corrected chi connectivity index (χ3v) is 4.00. The number of nitriles is 1. The van der Waals surface area contributed by atoms with Crippen molar-refractivity contribution in [3.63, 3.8) is 0 Å². The molecule has 0 amide bonds. The summed E-state index contributed by atoms with van der Waals surface area (Å²) in [6.07, 6.45) is 1.20. The summed E-state index contributed by atoms with van der Waals surface area (Å²) in [5.74, 6) is 0.637. The standard InChI is InChI=1S/C18H18N2/c1-13(16-9-5-6-14(10-16)12-19)20-18-11-17(18)15-7-3-2-4-8-15/h2-10,13,17-18,20H,11H2,1H3. The van der Waals surface area contributed by atoms with E-state index in [9.17, 15) is 0 Å². The first-order chi connectivity index (χ1) is 9.78. The van der Waals surface area contributed by atoms with Gasteiger partial charge in [0.2, 0.25) is 0 Å². The van der Waals surface area contributed by atoms with Crippen LogP contribution >= 0.6 is 0 Å². The van der Waals surface area contributed by atoms with Gasteiger partial charge in [0.1, 0.15) is 0 Å². The number of nitrogens with one attached hydrogen (secondary N) is 1. The Morgan fingerprint density at radius 3 is 2.70 bits per heavy atom. The van der Waals surface area contributed by atoms with Crippen LogP contribution in [0.25, 0.3) is 0 Å². The lowest BCUT2D eigenvalue weighted by Gasteiger charge is -2.14. The zero-order chi connectivity index (χ0) is 13.9. The molecule has 0 heterocycles. The van der Waals surface area contributed by atoms with Gasteiger partial charge in [-0.3, -0.25) is 0 Å². The van der Waals surface area contributed by atoms with Crippen molar-refractivity contribution in [1.29, 1.82) is 5.26 Å². The fourth-order valence-electron chi connectivity index (χ4n) is 2.74. The van der Waals surface area contributed by atoms with Gasteiger partial charge in [-0.15, -0.1) is 0 Å². The van der Waals surface area contributed by atoms with Crippen molar-refractivity contribution in [2.75, 3.05) is 0 Å². The molecule has 0 aromatic heterocycles. The smallest absolute Gasteiger partial charge is 0.0991 e. The van der Waals surface area contributed by atoms with Gasteiger partial charge >= 0.3 is 0 Å². The molecule has 1 fully saturated rings. The highest BCUT2D eigenvalue weighted by molar-refractivity contribution is 5.34. The Hall–Kier alpha value is -2.11. The van der Waals surface area contributed by atoms with Crippen molar-refractivity contribution >= 4 is 0 Å². The van der Waals surface area contributed by atoms with Gasteiger partial charge in [-0.25, -0.2) is 0 Å². The van der Waals surface area contributed by atoms with Crippen LogP contribution in [-0.4, -0.2) is 6.04 Å². The van der Waals surface area contributed by atoms with Crippen LogP contribution in [-0.2, 0) is 0 Å². The molecule has 1 aliphatic rings. The lowest BCUT2D eigenvalue weighted by atomic mass is 10.1. The molecule has 3 rings (SSSR count). The highest BCUT2D eigenvalue weighted by Gasteiger charge is 2.38. The predicted molar refractivity (Wildman–Crippen MR) is 80.3 cm³/mol. The van der Waals surface area contributed by atoms with Gasteiger partial charge in [0.15, 0.2) is 0 Å².